The highest BCUT2D eigenvalue weighted by Gasteiger charge is 2.21. The Kier molecular flexibility index (Phi) is 6.18. The number of rotatable bonds is 5. The van der Waals surface area contributed by atoms with Crippen molar-refractivity contribution in [2.24, 2.45) is 0 Å². The van der Waals surface area contributed by atoms with Crippen molar-refractivity contribution in [3.63, 3.8) is 0 Å². The summed E-state index contributed by atoms with van der Waals surface area (Å²) in [6, 6.07) is 62.1. The van der Waals surface area contributed by atoms with Crippen LogP contribution in [0, 0.1) is 0 Å². The molecule has 2 heterocycles. The van der Waals surface area contributed by atoms with Crippen LogP contribution in [0.3, 0.4) is 0 Å². The van der Waals surface area contributed by atoms with Gasteiger partial charge >= 0.3 is 0 Å². The summed E-state index contributed by atoms with van der Waals surface area (Å²) in [5.41, 5.74) is 11.3. The van der Waals surface area contributed by atoms with E-state index in [1.54, 1.807) is 0 Å². The third kappa shape index (κ3) is 4.44. The molecule has 3 nitrogen and oxygen atoms in total. The number of furan rings is 2. The van der Waals surface area contributed by atoms with Crippen LogP contribution in [0.25, 0.3) is 76.9 Å². The van der Waals surface area contributed by atoms with Crippen LogP contribution in [-0.4, -0.2) is 0 Å². The van der Waals surface area contributed by atoms with E-state index >= 15 is 0 Å². The number of fused-ring (bicyclic) bond motifs is 7. The third-order valence-electron chi connectivity index (χ3n) is 9.64. The van der Waals surface area contributed by atoms with Crippen LogP contribution in [0.5, 0.6) is 0 Å². The summed E-state index contributed by atoms with van der Waals surface area (Å²) in [6.45, 7) is 0. The molecule has 0 radical (unpaired) electrons. The normalized spacial score (nSPS) is 11.7. The molecule has 3 heteroatoms. The zero-order chi connectivity index (χ0) is 32.3. The Labute approximate surface area is 282 Å². The Balaban J connectivity index is 1.22. The lowest BCUT2D eigenvalue weighted by Crippen LogP contribution is -2.10. The average molecular weight is 628 g/mol. The van der Waals surface area contributed by atoms with E-state index in [0.29, 0.717) is 0 Å². The fourth-order valence-corrected chi connectivity index (χ4v) is 7.49. The summed E-state index contributed by atoms with van der Waals surface area (Å²) in [7, 11) is 0. The zero-order valence-electron chi connectivity index (χ0n) is 26.5. The predicted octanol–water partition coefficient (Wildman–Crippen LogP) is 13.4. The minimum Gasteiger partial charge on any atom is -0.456 e. The molecule has 0 fully saturated rings. The van der Waals surface area contributed by atoms with Crippen LogP contribution in [0.1, 0.15) is 0 Å². The maximum absolute atomic E-state index is 6.39. The molecule has 49 heavy (non-hydrogen) atoms. The first-order valence-corrected chi connectivity index (χ1v) is 16.6. The molecule has 0 aliphatic carbocycles. The first kappa shape index (κ1) is 27.5. The number of hydrogen-bond donors (Lipinski definition) is 0. The first-order chi connectivity index (χ1) is 24.3. The highest BCUT2D eigenvalue weighted by atomic mass is 16.3. The van der Waals surface area contributed by atoms with E-state index in [1.807, 2.05) is 24.3 Å². The molecule has 8 aromatic carbocycles. The lowest BCUT2D eigenvalue weighted by Gasteiger charge is -2.27. The van der Waals surface area contributed by atoms with Gasteiger partial charge in [0, 0.05) is 27.5 Å². The standard InChI is InChI=1S/C46H29NO2/c1-2-18-35-30(12-1)13-9-21-36(35)31-14-7-16-33(28-31)47(40-23-11-27-44-46(40)39-20-4-6-25-42(39)49-44)34-17-8-15-32(29-34)37-22-10-26-43-45(37)38-19-3-5-24-41(38)48-43/h1-29H. The highest BCUT2D eigenvalue weighted by Crippen LogP contribution is 2.45. The smallest absolute Gasteiger partial charge is 0.137 e. The largest absolute Gasteiger partial charge is 0.456 e. The number of hydrogen-bond acceptors (Lipinski definition) is 3. The second-order valence-corrected chi connectivity index (χ2v) is 12.5. The van der Waals surface area contributed by atoms with Crippen molar-refractivity contribution < 1.29 is 8.83 Å². The Morgan fingerprint density at radius 1 is 0.347 bits per heavy atom. The van der Waals surface area contributed by atoms with E-state index in [9.17, 15) is 0 Å². The van der Waals surface area contributed by atoms with Crippen LogP contribution >= 0.6 is 0 Å². The molecule has 0 saturated carbocycles. The fraction of sp³-hybridized carbons (Fsp3) is 0. The summed E-state index contributed by atoms with van der Waals surface area (Å²) < 4.78 is 12.7. The van der Waals surface area contributed by atoms with Gasteiger partial charge in [-0.3, -0.25) is 0 Å². The van der Waals surface area contributed by atoms with Crippen molar-refractivity contribution in [1.29, 1.82) is 0 Å². The second-order valence-electron chi connectivity index (χ2n) is 12.5. The maximum Gasteiger partial charge on any atom is 0.137 e. The van der Waals surface area contributed by atoms with Gasteiger partial charge < -0.3 is 13.7 Å². The van der Waals surface area contributed by atoms with Gasteiger partial charge in [-0.25, -0.2) is 0 Å². The Hall–Kier alpha value is -6.58. The predicted molar refractivity (Wildman–Crippen MR) is 204 cm³/mol. The van der Waals surface area contributed by atoms with Crippen LogP contribution in [0.15, 0.2) is 185 Å². The van der Waals surface area contributed by atoms with Crippen LogP contribution in [-0.2, 0) is 0 Å². The number of para-hydroxylation sites is 2. The van der Waals surface area contributed by atoms with Gasteiger partial charge in [0.15, 0.2) is 0 Å². The quantitative estimate of drug-likeness (QED) is 0.190. The molecule has 0 amide bonds. The molecule has 0 aliphatic heterocycles. The van der Waals surface area contributed by atoms with E-state index in [1.165, 1.54) is 16.3 Å². The summed E-state index contributed by atoms with van der Waals surface area (Å²) >= 11 is 0. The Morgan fingerprint density at radius 2 is 0.837 bits per heavy atom. The molecule has 0 bridgehead atoms. The summed E-state index contributed by atoms with van der Waals surface area (Å²) in [5, 5.41) is 6.89. The minimum absolute atomic E-state index is 0.861. The van der Waals surface area contributed by atoms with Crippen molar-refractivity contribution in [3.05, 3.63) is 176 Å². The topological polar surface area (TPSA) is 29.5 Å². The molecule has 0 spiro atoms. The van der Waals surface area contributed by atoms with Crippen LogP contribution in [0.4, 0.5) is 17.1 Å². The van der Waals surface area contributed by atoms with Crippen molar-refractivity contribution in [3.8, 4) is 22.3 Å². The maximum atomic E-state index is 6.39. The molecule has 0 atom stereocenters. The van der Waals surface area contributed by atoms with Gasteiger partial charge in [0.05, 0.1) is 11.1 Å². The van der Waals surface area contributed by atoms with Crippen LogP contribution in [0.2, 0.25) is 0 Å². The van der Waals surface area contributed by atoms with Gasteiger partial charge in [0.2, 0.25) is 0 Å². The molecular weight excluding hydrogens is 599 g/mol. The Morgan fingerprint density at radius 3 is 1.57 bits per heavy atom. The van der Waals surface area contributed by atoms with Gasteiger partial charge in [0.1, 0.15) is 22.3 Å². The molecule has 2 aromatic heterocycles. The monoisotopic (exact) mass is 627 g/mol. The molecule has 0 aliphatic rings. The van der Waals surface area contributed by atoms with E-state index in [-0.39, 0.29) is 0 Å². The lowest BCUT2D eigenvalue weighted by molar-refractivity contribution is 0.668. The van der Waals surface area contributed by atoms with Gasteiger partial charge in [-0.15, -0.1) is 0 Å². The van der Waals surface area contributed by atoms with Crippen molar-refractivity contribution >= 4 is 71.7 Å². The van der Waals surface area contributed by atoms with E-state index in [2.05, 4.69) is 157 Å². The third-order valence-corrected chi connectivity index (χ3v) is 9.64. The molecule has 0 N–H and O–H groups in total. The van der Waals surface area contributed by atoms with E-state index < -0.39 is 0 Å². The molecule has 10 rings (SSSR count). The molecule has 0 saturated heterocycles. The summed E-state index contributed by atoms with van der Waals surface area (Å²) in [5.74, 6) is 0. The zero-order valence-corrected chi connectivity index (χ0v) is 26.5. The molecular formula is C46H29NO2. The minimum atomic E-state index is 0.861. The lowest BCUT2D eigenvalue weighted by atomic mass is 9.97. The van der Waals surface area contributed by atoms with Crippen molar-refractivity contribution in [2.45, 2.75) is 0 Å². The fourth-order valence-electron chi connectivity index (χ4n) is 7.49. The SMILES string of the molecule is c1cc(-c2cccc3ccccc23)cc(N(c2cccc(-c3cccc4oc5ccccc5c34)c2)c2cccc3oc4ccccc4c23)c1. The number of nitrogens with zero attached hydrogens (tertiary/aromatic N) is 1. The van der Waals surface area contributed by atoms with Crippen molar-refractivity contribution in [2.75, 3.05) is 4.90 Å². The Bertz CT molecular complexity index is 2850. The van der Waals surface area contributed by atoms with Gasteiger partial charge in [-0.05, 0) is 87.6 Å². The van der Waals surface area contributed by atoms with Crippen LogP contribution < -0.4 is 4.90 Å². The van der Waals surface area contributed by atoms with Gasteiger partial charge in [-0.2, -0.15) is 0 Å². The number of anilines is 3. The van der Waals surface area contributed by atoms with Gasteiger partial charge in [0.25, 0.3) is 0 Å². The highest BCUT2D eigenvalue weighted by molar-refractivity contribution is 6.14. The molecule has 230 valence electrons. The summed E-state index contributed by atoms with van der Waals surface area (Å²) in [6.07, 6.45) is 0. The van der Waals surface area contributed by atoms with Crippen molar-refractivity contribution in [1.82, 2.24) is 0 Å². The van der Waals surface area contributed by atoms with Gasteiger partial charge in [-0.1, -0.05) is 121 Å². The summed E-state index contributed by atoms with van der Waals surface area (Å²) in [4.78, 5) is 2.37. The second kappa shape index (κ2) is 11.0. The average Bonchev–Trinajstić information content (AvgIpc) is 3.74. The van der Waals surface area contributed by atoms with E-state index in [4.69, 9.17) is 8.83 Å². The molecule has 10 aromatic rings. The first-order valence-electron chi connectivity index (χ1n) is 16.6. The van der Waals surface area contributed by atoms with E-state index in [0.717, 1.165) is 77.6 Å². The number of benzene rings is 8. The molecule has 0 unspecified atom stereocenters.